The zero-order valence-corrected chi connectivity index (χ0v) is 11.5. The van der Waals surface area contributed by atoms with E-state index in [0.717, 1.165) is 19.4 Å². The van der Waals surface area contributed by atoms with E-state index in [4.69, 9.17) is 0 Å². The standard InChI is InChI=1S/C13H19NO.C2H6/c1-3-14-13(11(2)15)10-9-12-7-5-4-6-8-12;1-2/h4-8,13-14H,3,9-10H2,1-2H3;1-2H3. The average Bonchev–Trinajstić information content (AvgIpc) is 2.38. The molecule has 0 fully saturated rings. The lowest BCUT2D eigenvalue weighted by Crippen LogP contribution is -2.35. The maximum absolute atomic E-state index is 11.3. The Morgan fingerprint density at radius 2 is 1.82 bits per heavy atom. The zero-order chi connectivity index (χ0) is 13.1. The Morgan fingerprint density at radius 1 is 1.24 bits per heavy atom. The normalized spacial score (nSPS) is 11.3. The zero-order valence-electron chi connectivity index (χ0n) is 11.5. The molecule has 0 amide bonds. The SMILES string of the molecule is CC.CCNC(CCc1ccccc1)C(C)=O. The molecule has 1 unspecified atom stereocenters. The largest absolute Gasteiger partial charge is 0.308 e. The van der Waals surface area contributed by atoms with Gasteiger partial charge in [-0.05, 0) is 31.9 Å². The molecule has 1 N–H and O–H groups in total. The summed E-state index contributed by atoms with van der Waals surface area (Å²) in [6, 6.07) is 10.3. The molecule has 0 bridgehead atoms. The monoisotopic (exact) mass is 235 g/mol. The molecule has 2 nitrogen and oxygen atoms in total. The number of aryl methyl sites for hydroxylation is 1. The minimum atomic E-state index is 0.00945. The van der Waals surface area contributed by atoms with Crippen molar-refractivity contribution in [3.8, 4) is 0 Å². The number of ketones is 1. The molecular formula is C15H25NO. The highest BCUT2D eigenvalue weighted by atomic mass is 16.1. The summed E-state index contributed by atoms with van der Waals surface area (Å²) in [6.45, 7) is 8.52. The number of Topliss-reactive ketones (excluding diaryl/α,β-unsaturated/α-hetero) is 1. The predicted octanol–water partition coefficient (Wildman–Crippen LogP) is 3.21. The average molecular weight is 235 g/mol. The van der Waals surface area contributed by atoms with Crippen LogP contribution in [0.15, 0.2) is 30.3 Å². The van der Waals surface area contributed by atoms with E-state index in [1.54, 1.807) is 6.92 Å². The van der Waals surface area contributed by atoms with Crippen LogP contribution >= 0.6 is 0 Å². The molecule has 96 valence electrons. The molecule has 1 rings (SSSR count). The summed E-state index contributed by atoms with van der Waals surface area (Å²) in [6.07, 6.45) is 1.84. The van der Waals surface area contributed by atoms with Gasteiger partial charge < -0.3 is 5.32 Å². The third-order valence-electron chi connectivity index (χ3n) is 2.51. The first-order valence-electron chi connectivity index (χ1n) is 6.51. The van der Waals surface area contributed by atoms with Crippen molar-refractivity contribution in [1.82, 2.24) is 5.32 Å². The number of carbonyl (C=O) groups is 1. The molecule has 0 aliphatic rings. The fraction of sp³-hybridized carbons (Fsp3) is 0.533. The van der Waals surface area contributed by atoms with Crippen LogP contribution in [0, 0.1) is 0 Å². The minimum Gasteiger partial charge on any atom is -0.308 e. The van der Waals surface area contributed by atoms with Crippen molar-refractivity contribution in [2.75, 3.05) is 6.54 Å². The molecule has 0 saturated heterocycles. The molecule has 0 heterocycles. The van der Waals surface area contributed by atoms with E-state index in [1.807, 2.05) is 39.0 Å². The van der Waals surface area contributed by atoms with E-state index in [2.05, 4.69) is 17.4 Å². The third-order valence-corrected chi connectivity index (χ3v) is 2.51. The number of carbonyl (C=O) groups excluding carboxylic acids is 1. The van der Waals surface area contributed by atoms with Crippen LogP contribution in [-0.4, -0.2) is 18.4 Å². The molecule has 17 heavy (non-hydrogen) atoms. The highest BCUT2D eigenvalue weighted by Crippen LogP contribution is 2.05. The van der Waals surface area contributed by atoms with Crippen molar-refractivity contribution in [2.45, 2.75) is 46.6 Å². The number of benzene rings is 1. The highest BCUT2D eigenvalue weighted by Gasteiger charge is 2.11. The maximum atomic E-state index is 11.3. The van der Waals surface area contributed by atoms with Crippen molar-refractivity contribution in [3.63, 3.8) is 0 Å². The number of hydrogen-bond donors (Lipinski definition) is 1. The van der Waals surface area contributed by atoms with Gasteiger partial charge in [0, 0.05) is 0 Å². The first-order valence-corrected chi connectivity index (χ1v) is 6.51. The summed E-state index contributed by atoms with van der Waals surface area (Å²) in [7, 11) is 0. The van der Waals surface area contributed by atoms with Crippen LogP contribution in [0.3, 0.4) is 0 Å². The molecule has 0 aliphatic carbocycles. The Labute approximate surface area is 105 Å². The molecule has 0 radical (unpaired) electrons. The second-order valence-electron chi connectivity index (χ2n) is 3.75. The Kier molecular flexibility index (Phi) is 9.35. The predicted molar refractivity (Wildman–Crippen MR) is 74.3 cm³/mol. The topological polar surface area (TPSA) is 29.1 Å². The molecule has 0 aliphatic heterocycles. The minimum absolute atomic E-state index is 0.00945. The van der Waals surface area contributed by atoms with Crippen LogP contribution in [0.5, 0.6) is 0 Å². The van der Waals surface area contributed by atoms with Gasteiger partial charge in [0.05, 0.1) is 6.04 Å². The summed E-state index contributed by atoms with van der Waals surface area (Å²) in [4.78, 5) is 11.3. The molecule has 1 atom stereocenters. The Hall–Kier alpha value is -1.15. The van der Waals surface area contributed by atoms with Gasteiger partial charge in [-0.3, -0.25) is 4.79 Å². The molecular weight excluding hydrogens is 210 g/mol. The second-order valence-corrected chi connectivity index (χ2v) is 3.75. The summed E-state index contributed by atoms with van der Waals surface area (Å²) in [5.74, 6) is 0.229. The Morgan fingerprint density at radius 3 is 2.29 bits per heavy atom. The molecule has 0 aromatic heterocycles. The Balaban J connectivity index is 0.00000121. The van der Waals surface area contributed by atoms with E-state index < -0.39 is 0 Å². The third kappa shape index (κ3) is 6.90. The van der Waals surface area contributed by atoms with Gasteiger partial charge in [-0.2, -0.15) is 0 Å². The molecule has 2 heteroatoms. The number of hydrogen-bond acceptors (Lipinski definition) is 2. The molecule has 0 spiro atoms. The van der Waals surface area contributed by atoms with E-state index in [-0.39, 0.29) is 11.8 Å². The van der Waals surface area contributed by atoms with E-state index in [1.165, 1.54) is 5.56 Å². The summed E-state index contributed by atoms with van der Waals surface area (Å²) in [5, 5.41) is 3.20. The van der Waals surface area contributed by atoms with E-state index in [9.17, 15) is 4.79 Å². The van der Waals surface area contributed by atoms with Gasteiger partial charge in [-0.15, -0.1) is 0 Å². The molecule has 1 aromatic rings. The van der Waals surface area contributed by atoms with Crippen molar-refractivity contribution in [3.05, 3.63) is 35.9 Å². The van der Waals surface area contributed by atoms with Crippen molar-refractivity contribution in [2.24, 2.45) is 0 Å². The van der Waals surface area contributed by atoms with Gasteiger partial charge in [0.1, 0.15) is 5.78 Å². The summed E-state index contributed by atoms with van der Waals surface area (Å²) < 4.78 is 0. The smallest absolute Gasteiger partial charge is 0.146 e. The van der Waals surface area contributed by atoms with Gasteiger partial charge in [0.25, 0.3) is 0 Å². The van der Waals surface area contributed by atoms with E-state index in [0.29, 0.717) is 0 Å². The molecule has 0 saturated carbocycles. The van der Waals surface area contributed by atoms with Crippen LogP contribution in [0.4, 0.5) is 0 Å². The van der Waals surface area contributed by atoms with Crippen molar-refractivity contribution in [1.29, 1.82) is 0 Å². The lowest BCUT2D eigenvalue weighted by Gasteiger charge is -2.14. The summed E-state index contributed by atoms with van der Waals surface area (Å²) in [5.41, 5.74) is 1.29. The van der Waals surface area contributed by atoms with Crippen LogP contribution in [0.2, 0.25) is 0 Å². The first kappa shape index (κ1) is 15.9. The lowest BCUT2D eigenvalue weighted by atomic mass is 10.0. The quantitative estimate of drug-likeness (QED) is 0.820. The fourth-order valence-electron chi connectivity index (χ4n) is 1.65. The number of nitrogens with one attached hydrogen (secondary N) is 1. The lowest BCUT2D eigenvalue weighted by molar-refractivity contribution is -0.119. The maximum Gasteiger partial charge on any atom is 0.146 e. The number of likely N-dealkylation sites (N-methyl/N-ethyl adjacent to an activating group) is 1. The summed E-state index contributed by atoms with van der Waals surface area (Å²) >= 11 is 0. The Bertz CT molecular complexity index is 295. The van der Waals surface area contributed by atoms with Gasteiger partial charge in [-0.1, -0.05) is 51.1 Å². The van der Waals surface area contributed by atoms with Crippen LogP contribution in [0.1, 0.15) is 39.7 Å². The van der Waals surface area contributed by atoms with Gasteiger partial charge in [-0.25, -0.2) is 0 Å². The van der Waals surface area contributed by atoms with Gasteiger partial charge >= 0.3 is 0 Å². The fourth-order valence-corrected chi connectivity index (χ4v) is 1.65. The van der Waals surface area contributed by atoms with Crippen LogP contribution in [-0.2, 0) is 11.2 Å². The second kappa shape index (κ2) is 10.0. The molecule has 1 aromatic carbocycles. The van der Waals surface area contributed by atoms with Gasteiger partial charge in [0.15, 0.2) is 0 Å². The number of rotatable bonds is 6. The first-order chi connectivity index (χ1) is 8.24. The van der Waals surface area contributed by atoms with E-state index >= 15 is 0 Å². The van der Waals surface area contributed by atoms with Gasteiger partial charge in [0.2, 0.25) is 0 Å². The van der Waals surface area contributed by atoms with Crippen LogP contribution < -0.4 is 5.32 Å². The van der Waals surface area contributed by atoms with Crippen LogP contribution in [0.25, 0.3) is 0 Å². The van der Waals surface area contributed by atoms with Crippen molar-refractivity contribution >= 4 is 5.78 Å². The highest BCUT2D eigenvalue weighted by molar-refractivity contribution is 5.81. The van der Waals surface area contributed by atoms with Crippen molar-refractivity contribution < 1.29 is 4.79 Å².